The van der Waals surface area contributed by atoms with E-state index in [9.17, 15) is 0 Å². The molecule has 55 heavy (non-hydrogen) atoms. The fourth-order valence-electron chi connectivity index (χ4n) is 9.08. The first-order valence-electron chi connectivity index (χ1n) is 18.8. The van der Waals surface area contributed by atoms with Gasteiger partial charge in [0.15, 0.2) is 0 Å². The van der Waals surface area contributed by atoms with Gasteiger partial charge < -0.3 is 13.4 Å². The Hall–Kier alpha value is -7.36. The maximum absolute atomic E-state index is 6.69. The van der Waals surface area contributed by atoms with E-state index in [1.165, 1.54) is 60.0 Å². The largest absolute Gasteiger partial charge is 0.456 e. The zero-order valence-corrected chi connectivity index (χ0v) is 29.7. The first-order valence-corrected chi connectivity index (χ1v) is 18.8. The first kappa shape index (κ1) is 30.1. The lowest BCUT2D eigenvalue weighted by Gasteiger charge is -2.19. The molecule has 3 heteroatoms. The van der Waals surface area contributed by atoms with Crippen molar-refractivity contribution in [2.24, 2.45) is 0 Å². The van der Waals surface area contributed by atoms with Crippen molar-refractivity contribution in [2.75, 3.05) is 0 Å². The van der Waals surface area contributed by atoms with Crippen LogP contribution in [0, 0.1) is 0 Å². The van der Waals surface area contributed by atoms with E-state index in [4.69, 9.17) is 8.83 Å². The Kier molecular flexibility index (Phi) is 6.34. The highest BCUT2D eigenvalue weighted by Gasteiger charge is 2.25. The summed E-state index contributed by atoms with van der Waals surface area (Å²) in [5.74, 6) is 0.835. The van der Waals surface area contributed by atoms with E-state index in [1.807, 2.05) is 12.1 Å². The predicted octanol–water partition coefficient (Wildman–Crippen LogP) is 14.7. The Morgan fingerprint density at radius 1 is 0.309 bits per heavy atom. The van der Waals surface area contributed by atoms with Crippen LogP contribution in [0.5, 0.6) is 0 Å². The molecule has 0 amide bonds. The summed E-state index contributed by atoms with van der Waals surface area (Å²) in [6.45, 7) is 0. The van der Waals surface area contributed by atoms with E-state index in [2.05, 4.69) is 180 Å². The van der Waals surface area contributed by atoms with E-state index < -0.39 is 0 Å². The number of benzene rings is 9. The second-order valence-corrected chi connectivity index (χ2v) is 14.4. The van der Waals surface area contributed by atoms with Gasteiger partial charge in [0.2, 0.25) is 0 Å². The molecule has 0 bridgehead atoms. The van der Waals surface area contributed by atoms with E-state index in [-0.39, 0.29) is 0 Å². The summed E-state index contributed by atoms with van der Waals surface area (Å²) in [6, 6.07) is 67.2. The third-order valence-electron chi connectivity index (χ3n) is 11.4. The molecule has 0 atom stereocenters. The van der Waals surface area contributed by atoms with Crippen molar-refractivity contribution < 1.29 is 8.83 Å². The summed E-state index contributed by atoms with van der Waals surface area (Å²) in [7, 11) is 0. The minimum atomic E-state index is 0.804. The van der Waals surface area contributed by atoms with Crippen molar-refractivity contribution >= 4 is 76.3 Å². The Morgan fingerprint density at radius 2 is 0.891 bits per heavy atom. The molecule has 0 unspecified atom stereocenters. The SMILES string of the molecule is c1ccc(-c2cc3c(-c4c5ccccc5c(-c5ccc6c(c5)c5ccccc5n6-c5ccccc5)c5ccccc45)c4c(cc3o2)oc2ccccc24)cc1. The monoisotopic (exact) mass is 701 g/mol. The van der Waals surface area contributed by atoms with Gasteiger partial charge in [-0.15, -0.1) is 0 Å². The van der Waals surface area contributed by atoms with Crippen LogP contribution in [0.1, 0.15) is 0 Å². The summed E-state index contributed by atoms with van der Waals surface area (Å²) in [5.41, 5.74) is 11.8. The second kappa shape index (κ2) is 11.6. The number of aromatic nitrogens is 1. The van der Waals surface area contributed by atoms with Gasteiger partial charge in [0.25, 0.3) is 0 Å². The van der Waals surface area contributed by atoms with Crippen LogP contribution in [0.2, 0.25) is 0 Å². The molecule has 9 aromatic carbocycles. The molecule has 3 aromatic heterocycles. The molecule has 0 saturated heterocycles. The molecule has 3 heterocycles. The Bertz CT molecular complexity index is 3420. The Morgan fingerprint density at radius 3 is 1.62 bits per heavy atom. The number of rotatable bonds is 4. The average Bonchev–Trinajstić information content (AvgIpc) is 3.94. The molecule has 0 saturated carbocycles. The van der Waals surface area contributed by atoms with Crippen molar-refractivity contribution in [1.29, 1.82) is 0 Å². The van der Waals surface area contributed by atoms with Crippen LogP contribution in [0.3, 0.4) is 0 Å². The lowest BCUT2D eigenvalue weighted by molar-refractivity contribution is 0.628. The van der Waals surface area contributed by atoms with Crippen LogP contribution >= 0.6 is 0 Å². The van der Waals surface area contributed by atoms with Crippen LogP contribution < -0.4 is 0 Å². The first-order chi connectivity index (χ1) is 27.3. The Balaban J connectivity index is 1.20. The summed E-state index contributed by atoms with van der Waals surface area (Å²) >= 11 is 0. The van der Waals surface area contributed by atoms with E-state index in [0.717, 1.165) is 55.5 Å². The number of nitrogens with zero attached hydrogens (tertiary/aromatic N) is 1. The molecule has 0 fully saturated rings. The van der Waals surface area contributed by atoms with Gasteiger partial charge in [-0.2, -0.15) is 0 Å². The molecule has 0 N–H and O–H groups in total. The van der Waals surface area contributed by atoms with Crippen LogP contribution in [0.4, 0.5) is 0 Å². The molecule has 0 aliphatic heterocycles. The third kappa shape index (κ3) is 4.38. The molecule has 0 spiro atoms. The van der Waals surface area contributed by atoms with Crippen LogP contribution in [0.25, 0.3) is 116 Å². The highest BCUT2D eigenvalue weighted by Crippen LogP contribution is 2.51. The van der Waals surface area contributed by atoms with Crippen LogP contribution in [-0.4, -0.2) is 4.57 Å². The van der Waals surface area contributed by atoms with Gasteiger partial charge in [-0.05, 0) is 80.7 Å². The van der Waals surface area contributed by atoms with Gasteiger partial charge in [0.1, 0.15) is 22.5 Å². The minimum absolute atomic E-state index is 0.804. The maximum atomic E-state index is 6.69. The van der Waals surface area contributed by atoms with Gasteiger partial charge >= 0.3 is 0 Å². The zero-order chi connectivity index (χ0) is 36.0. The number of para-hydroxylation sites is 3. The molecule has 12 aromatic rings. The van der Waals surface area contributed by atoms with Crippen molar-refractivity contribution in [3.05, 3.63) is 188 Å². The van der Waals surface area contributed by atoms with E-state index in [1.54, 1.807) is 0 Å². The van der Waals surface area contributed by atoms with E-state index in [0.29, 0.717) is 0 Å². The zero-order valence-electron chi connectivity index (χ0n) is 29.7. The minimum Gasteiger partial charge on any atom is -0.456 e. The normalized spacial score (nSPS) is 12.0. The molecule has 256 valence electrons. The summed E-state index contributed by atoms with van der Waals surface area (Å²) in [5, 5.41) is 10.5. The van der Waals surface area contributed by atoms with Crippen molar-refractivity contribution in [3.63, 3.8) is 0 Å². The van der Waals surface area contributed by atoms with Crippen LogP contribution in [0.15, 0.2) is 197 Å². The van der Waals surface area contributed by atoms with Crippen molar-refractivity contribution in [3.8, 4) is 39.3 Å². The fourth-order valence-corrected chi connectivity index (χ4v) is 9.08. The van der Waals surface area contributed by atoms with Gasteiger partial charge in [-0.1, -0.05) is 140 Å². The number of furan rings is 2. The summed E-state index contributed by atoms with van der Waals surface area (Å²) in [6.07, 6.45) is 0. The molecule has 12 rings (SSSR count). The fraction of sp³-hybridized carbons (Fsp3) is 0. The topological polar surface area (TPSA) is 31.2 Å². The molecular formula is C52H31NO2. The molecule has 0 aliphatic rings. The lowest BCUT2D eigenvalue weighted by Crippen LogP contribution is -1.93. The standard InChI is InChI=1S/C52H31NO2/c1-3-15-32(16-4-1)46-30-42-47(55-46)31-48-51(40-24-12-14-26-45(40)54-48)52(42)50-38-22-9-7-20-36(38)49(37-21-8-10-23-39(37)50)33-27-28-44-41(29-33)35-19-11-13-25-43(35)53(44)34-17-5-2-6-18-34/h1-31H. The molecule has 0 radical (unpaired) electrons. The van der Waals surface area contributed by atoms with Crippen molar-refractivity contribution in [1.82, 2.24) is 4.57 Å². The van der Waals surface area contributed by atoms with Gasteiger partial charge in [-0.3, -0.25) is 0 Å². The van der Waals surface area contributed by atoms with Gasteiger partial charge in [0.05, 0.1) is 11.0 Å². The predicted molar refractivity (Wildman–Crippen MR) is 229 cm³/mol. The van der Waals surface area contributed by atoms with Gasteiger partial charge in [-0.25, -0.2) is 0 Å². The second-order valence-electron chi connectivity index (χ2n) is 14.4. The molecule has 3 nitrogen and oxygen atoms in total. The van der Waals surface area contributed by atoms with Crippen LogP contribution in [-0.2, 0) is 0 Å². The number of hydrogen-bond acceptors (Lipinski definition) is 2. The van der Waals surface area contributed by atoms with Gasteiger partial charge in [0, 0.05) is 49.8 Å². The maximum Gasteiger partial charge on any atom is 0.139 e. The molecular weight excluding hydrogens is 671 g/mol. The van der Waals surface area contributed by atoms with Crippen molar-refractivity contribution in [2.45, 2.75) is 0 Å². The number of fused-ring (bicyclic) bond motifs is 9. The lowest BCUT2D eigenvalue weighted by atomic mass is 9.83. The highest BCUT2D eigenvalue weighted by molar-refractivity contribution is 6.30. The summed E-state index contributed by atoms with van der Waals surface area (Å²) in [4.78, 5) is 0. The molecule has 0 aliphatic carbocycles. The number of hydrogen-bond donors (Lipinski definition) is 0. The highest BCUT2D eigenvalue weighted by atomic mass is 16.3. The Labute approximate surface area is 315 Å². The summed E-state index contributed by atoms with van der Waals surface area (Å²) < 4.78 is 15.7. The quantitative estimate of drug-likeness (QED) is 0.171. The third-order valence-corrected chi connectivity index (χ3v) is 11.4. The smallest absolute Gasteiger partial charge is 0.139 e. The average molecular weight is 702 g/mol. The van der Waals surface area contributed by atoms with E-state index >= 15 is 0 Å².